The highest BCUT2D eigenvalue weighted by molar-refractivity contribution is 6.03. The Morgan fingerprint density at radius 1 is 0.758 bits per heavy atom. The van der Waals surface area contributed by atoms with Crippen LogP contribution in [0.3, 0.4) is 0 Å². The Kier molecular flexibility index (Phi) is 8.90. The quantitative estimate of drug-likeness (QED) is 0.534. The number of nitrogens with one attached hydrogen (secondary N) is 1. The highest BCUT2D eigenvalue weighted by atomic mass is 35.5. The van der Waals surface area contributed by atoms with Gasteiger partial charge in [-0.3, -0.25) is 9.59 Å². The molecular weight excluding hydrogens is 434 g/mol. The number of nitrogens with zero attached hydrogens (tertiary/aromatic N) is 2. The number of piperazine rings is 1. The Morgan fingerprint density at radius 2 is 1.36 bits per heavy atom. The summed E-state index contributed by atoms with van der Waals surface area (Å²) < 4.78 is 0. The molecule has 0 unspecified atom stereocenters. The van der Waals surface area contributed by atoms with Crippen LogP contribution >= 0.6 is 12.4 Å². The standard InChI is InChI=1S/C27H29N3O2.ClH/c31-26(17-9-12-22-10-3-1-4-11-22)28-25-16-8-7-15-24(25)27(32)30-20-18-29(19-21-30)23-13-5-2-6-14-23;/h1-8,10-11,13-16H,9,12,17-21H2,(H,28,31);1H. The van der Waals surface area contributed by atoms with E-state index < -0.39 is 0 Å². The smallest absolute Gasteiger partial charge is 0.256 e. The first-order valence-electron chi connectivity index (χ1n) is 11.2. The minimum atomic E-state index is -0.0601. The van der Waals surface area contributed by atoms with E-state index in [4.69, 9.17) is 0 Å². The molecular formula is C27H30ClN3O2. The molecule has 2 amide bonds. The zero-order valence-corrected chi connectivity index (χ0v) is 19.5. The van der Waals surface area contributed by atoms with Crippen LogP contribution < -0.4 is 10.2 Å². The molecule has 1 saturated heterocycles. The van der Waals surface area contributed by atoms with Gasteiger partial charge in [0.1, 0.15) is 0 Å². The number of hydrogen-bond donors (Lipinski definition) is 1. The monoisotopic (exact) mass is 463 g/mol. The number of rotatable bonds is 7. The molecule has 3 aromatic rings. The largest absolute Gasteiger partial charge is 0.368 e. The van der Waals surface area contributed by atoms with E-state index >= 15 is 0 Å². The van der Waals surface area contributed by atoms with Gasteiger partial charge in [-0.1, -0.05) is 60.7 Å². The molecule has 1 aliphatic rings. The molecule has 5 nitrogen and oxygen atoms in total. The highest BCUT2D eigenvalue weighted by Crippen LogP contribution is 2.21. The van der Waals surface area contributed by atoms with Gasteiger partial charge in [-0.25, -0.2) is 0 Å². The minimum Gasteiger partial charge on any atom is -0.368 e. The molecule has 4 rings (SSSR count). The van der Waals surface area contributed by atoms with Crippen molar-refractivity contribution in [1.82, 2.24) is 4.90 Å². The van der Waals surface area contributed by atoms with E-state index in [9.17, 15) is 9.59 Å². The van der Waals surface area contributed by atoms with Crippen LogP contribution in [0.25, 0.3) is 0 Å². The number of anilines is 2. The van der Waals surface area contributed by atoms with Crippen LogP contribution in [0.1, 0.15) is 28.8 Å². The van der Waals surface area contributed by atoms with Crippen molar-refractivity contribution in [2.75, 3.05) is 36.4 Å². The van der Waals surface area contributed by atoms with Crippen LogP contribution in [0.4, 0.5) is 11.4 Å². The topological polar surface area (TPSA) is 52.7 Å². The summed E-state index contributed by atoms with van der Waals surface area (Å²) in [5.41, 5.74) is 3.55. The maximum atomic E-state index is 13.2. The Labute approximate surface area is 201 Å². The molecule has 0 aromatic heterocycles. The molecule has 0 radical (unpaired) electrons. The van der Waals surface area contributed by atoms with E-state index in [-0.39, 0.29) is 24.2 Å². The van der Waals surface area contributed by atoms with Gasteiger partial charge in [0.25, 0.3) is 5.91 Å². The van der Waals surface area contributed by atoms with Crippen molar-refractivity contribution < 1.29 is 9.59 Å². The number of amides is 2. The second-order valence-corrected chi connectivity index (χ2v) is 8.05. The van der Waals surface area contributed by atoms with E-state index in [1.54, 1.807) is 6.07 Å². The number of carbonyl (C=O) groups excluding carboxylic acids is 2. The lowest BCUT2D eigenvalue weighted by atomic mass is 10.1. The summed E-state index contributed by atoms with van der Waals surface area (Å²) in [4.78, 5) is 29.9. The fourth-order valence-corrected chi connectivity index (χ4v) is 4.07. The van der Waals surface area contributed by atoms with Crippen molar-refractivity contribution >= 4 is 35.6 Å². The lowest BCUT2D eigenvalue weighted by molar-refractivity contribution is -0.116. The molecule has 0 aliphatic carbocycles. The van der Waals surface area contributed by atoms with Gasteiger partial charge in [0, 0.05) is 38.3 Å². The third kappa shape index (κ3) is 6.59. The normalized spacial score (nSPS) is 13.2. The van der Waals surface area contributed by atoms with E-state index in [0.29, 0.717) is 30.8 Å². The van der Waals surface area contributed by atoms with Crippen LogP contribution in [-0.2, 0) is 11.2 Å². The van der Waals surface area contributed by atoms with Crippen LogP contribution in [0.5, 0.6) is 0 Å². The molecule has 33 heavy (non-hydrogen) atoms. The zero-order chi connectivity index (χ0) is 22.2. The van der Waals surface area contributed by atoms with Gasteiger partial charge in [0.15, 0.2) is 0 Å². The van der Waals surface area contributed by atoms with Crippen LogP contribution in [0.2, 0.25) is 0 Å². The average molecular weight is 464 g/mol. The van der Waals surface area contributed by atoms with E-state index in [1.165, 1.54) is 11.3 Å². The van der Waals surface area contributed by atoms with Crippen molar-refractivity contribution in [3.05, 3.63) is 96.1 Å². The highest BCUT2D eigenvalue weighted by Gasteiger charge is 2.24. The third-order valence-electron chi connectivity index (χ3n) is 5.83. The Morgan fingerprint density at radius 3 is 2.06 bits per heavy atom. The lowest BCUT2D eigenvalue weighted by Crippen LogP contribution is -2.48. The molecule has 172 valence electrons. The summed E-state index contributed by atoms with van der Waals surface area (Å²) in [6, 6.07) is 27.7. The summed E-state index contributed by atoms with van der Waals surface area (Å²) in [5.74, 6) is -0.0898. The Bertz CT molecular complexity index is 1040. The maximum absolute atomic E-state index is 13.2. The molecule has 6 heteroatoms. The number of halogens is 1. The summed E-state index contributed by atoms with van der Waals surface area (Å²) in [6.07, 6.45) is 2.06. The molecule has 0 saturated carbocycles. The van der Waals surface area contributed by atoms with Crippen LogP contribution in [0, 0.1) is 0 Å². The van der Waals surface area contributed by atoms with E-state index in [1.807, 2.05) is 59.5 Å². The fourth-order valence-electron chi connectivity index (χ4n) is 4.07. The van der Waals surface area contributed by atoms with Gasteiger partial charge < -0.3 is 15.1 Å². The number of carbonyl (C=O) groups is 2. The number of hydrogen-bond acceptors (Lipinski definition) is 3. The van der Waals surface area contributed by atoms with Crippen molar-refractivity contribution in [3.63, 3.8) is 0 Å². The second kappa shape index (κ2) is 12.1. The van der Waals surface area contributed by atoms with Crippen molar-refractivity contribution in [2.24, 2.45) is 0 Å². The average Bonchev–Trinajstić information content (AvgIpc) is 2.85. The number of para-hydroxylation sites is 2. The maximum Gasteiger partial charge on any atom is 0.256 e. The summed E-state index contributed by atoms with van der Waals surface area (Å²) in [6.45, 7) is 2.91. The summed E-state index contributed by atoms with van der Waals surface area (Å²) >= 11 is 0. The zero-order valence-electron chi connectivity index (χ0n) is 18.7. The van der Waals surface area contributed by atoms with Gasteiger partial charge in [0.05, 0.1) is 11.3 Å². The van der Waals surface area contributed by atoms with Crippen molar-refractivity contribution in [3.8, 4) is 0 Å². The predicted octanol–water partition coefficient (Wildman–Crippen LogP) is 5.03. The van der Waals surface area contributed by atoms with Crippen molar-refractivity contribution in [2.45, 2.75) is 19.3 Å². The van der Waals surface area contributed by atoms with Gasteiger partial charge in [-0.15, -0.1) is 12.4 Å². The van der Waals surface area contributed by atoms with Gasteiger partial charge in [-0.2, -0.15) is 0 Å². The first kappa shape index (κ1) is 24.3. The molecule has 1 aliphatic heterocycles. The van der Waals surface area contributed by atoms with Gasteiger partial charge >= 0.3 is 0 Å². The Hall–Kier alpha value is -3.31. The van der Waals surface area contributed by atoms with Crippen molar-refractivity contribution in [1.29, 1.82) is 0 Å². The van der Waals surface area contributed by atoms with E-state index in [0.717, 1.165) is 25.9 Å². The minimum absolute atomic E-state index is 0. The fraction of sp³-hybridized carbons (Fsp3) is 0.259. The molecule has 3 aromatic carbocycles. The molecule has 1 fully saturated rings. The molecule has 0 spiro atoms. The summed E-state index contributed by atoms with van der Waals surface area (Å²) in [5, 5.41) is 2.95. The van der Waals surface area contributed by atoms with Crippen LogP contribution in [-0.4, -0.2) is 42.9 Å². The third-order valence-corrected chi connectivity index (χ3v) is 5.83. The molecule has 1 N–H and O–H groups in total. The van der Waals surface area contributed by atoms with Gasteiger partial charge in [-0.05, 0) is 42.7 Å². The molecule has 0 atom stereocenters. The second-order valence-electron chi connectivity index (χ2n) is 8.05. The van der Waals surface area contributed by atoms with Gasteiger partial charge in [0.2, 0.25) is 5.91 Å². The lowest BCUT2D eigenvalue weighted by Gasteiger charge is -2.36. The summed E-state index contributed by atoms with van der Waals surface area (Å²) in [7, 11) is 0. The number of aryl methyl sites for hydroxylation is 1. The van der Waals surface area contributed by atoms with E-state index in [2.05, 4.69) is 34.5 Å². The first-order chi connectivity index (χ1) is 15.7. The molecule has 0 bridgehead atoms. The van der Waals surface area contributed by atoms with Crippen LogP contribution in [0.15, 0.2) is 84.9 Å². The predicted molar refractivity (Wildman–Crippen MR) is 136 cm³/mol. The number of benzene rings is 3. The first-order valence-corrected chi connectivity index (χ1v) is 11.2. The Balaban J connectivity index is 0.00000306. The SMILES string of the molecule is Cl.O=C(CCCc1ccccc1)Nc1ccccc1C(=O)N1CCN(c2ccccc2)CC1. The molecule has 1 heterocycles.